The van der Waals surface area contributed by atoms with Gasteiger partial charge in [0.15, 0.2) is 5.96 Å². The van der Waals surface area contributed by atoms with Gasteiger partial charge in [0.05, 0.1) is 10.7 Å². The zero-order chi connectivity index (χ0) is 13.9. The SMILES string of the molecule is CCNC(=NCCCSC)NCCc1csc(C)n1.I. The van der Waals surface area contributed by atoms with E-state index in [0.717, 1.165) is 49.1 Å². The molecule has 0 saturated heterocycles. The Bertz CT molecular complexity index is 382. The number of thioether (sulfide) groups is 1. The maximum Gasteiger partial charge on any atom is 0.191 e. The van der Waals surface area contributed by atoms with Gasteiger partial charge in [-0.25, -0.2) is 4.98 Å². The van der Waals surface area contributed by atoms with E-state index in [4.69, 9.17) is 0 Å². The Hall–Kier alpha value is -0.0200. The van der Waals surface area contributed by atoms with E-state index in [2.05, 4.69) is 39.2 Å². The standard InChI is InChI=1S/C13H24N4S2.HI/c1-4-14-13(15-7-5-9-18-3)16-8-6-12-10-19-11(2)17-12;/h10H,4-9H2,1-3H3,(H2,14,15,16);1H. The van der Waals surface area contributed by atoms with Crippen molar-refractivity contribution in [3.63, 3.8) is 0 Å². The van der Waals surface area contributed by atoms with E-state index in [0.29, 0.717) is 0 Å². The number of hydrogen-bond donors (Lipinski definition) is 2. The number of nitrogens with one attached hydrogen (secondary N) is 2. The Morgan fingerprint density at radius 3 is 2.85 bits per heavy atom. The lowest BCUT2D eigenvalue weighted by atomic mass is 10.3. The lowest BCUT2D eigenvalue weighted by Gasteiger charge is -2.10. The molecule has 0 unspecified atom stereocenters. The minimum atomic E-state index is 0. The van der Waals surface area contributed by atoms with Gasteiger partial charge in [-0.1, -0.05) is 0 Å². The van der Waals surface area contributed by atoms with E-state index in [-0.39, 0.29) is 24.0 Å². The lowest BCUT2D eigenvalue weighted by molar-refractivity contribution is 0.786. The van der Waals surface area contributed by atoms with Crippen LogP contribution in [0.1, 0.15) is 24.0 Å². The molecule has 0 aliphatic heterocycles. The molecule has 4 nitrogen and oxygen atoms in total. The summed E-state index contributed by atoms with van der Waals surface area (Å²) in [6.07, 6.45) is 4.20. The fourth-order valence-corrected chi connectivity index (χ4v) is 2.64. The highest BCUT2D eigenvalue weighted by atomic mass is 127. The van der Waals surface area contributed by atoms with Gasteiger partial charge in [0.2, 0.25) is 0 Å². The summed E-state index contributed by atoms with van der Waals surface area (Å²) in [6, 6.07) is 0. The third kappa shape index (κ3) is 9.02. The Labute approximate surface area is 147 Å². The zero-order valence-corrected chi connectivity index (χ0v) is 16.4. The first-order valence-corrected chi connectivity index (χ1v) is 8.95. The van der Waals surface area contributed by atoms with Crippen molar-refractivity contribution < 1.29 is 0 Å². The van der Waals surface area contributed by atoms with Crippen molar-refractivity contribution in [1.29, 1.82) is 0 Å². The highest BCUT2D eigenvalue weighted by molar-refractivity contribution is 14.0. The van der Waals surface area contributed by atoms with Gasteiger partial charge in [-0.3, -0.25) is 4.99 Å². The molecule has 1 aromatic rings. The van der Waals surface area contributed by atoms with Crippen LogP contribution < -0.4 is 10.6 Å². The quantitative estimate of drug-likeness (QED) is 0.289. The fourth-order valence-electron chi connectivity index (χ4n) is 1.57. The molecule has 0 bridgehead atoms. The molecule has 0 aliphatic carbocycles. The van der Waals surface area contributed by atoms with Crippen LogP contribution in [0.3, 0.4) is 0 Å². The number of aryl methyl sites for hydroxylation is 1. The van der Waals surface area contributed by atoms with Crippen molar-refractivity contribution in [2.75, 3.05) is 31.6 Å². The summed E-state index contributed by atoms with van der Waals surface area (Å²) in [6.45, 7) is 6.77. The first-order valence-electron chi connectivity index (χ1n) is 6.68. The lowest BCUT2D eigenvalue weighted by Crippen LogP contribution is -2.38. The third-order valence-corrected chi connectivity index (χ3v) is 3.98. The zero-order valence-electron chi connectivity index (χ0n) is 12.4. The van der Waals surface area contributed by atoms with Crippen LogP contribution in [0, 0.1) is 6.92 Å². The molecule has 0 fully saturated rings. The summed E-state index contributed by atoms with van der Waals surface area (Å²) in [4.78, 5) is 9.01. The maximum absolute atomic E-state index is 4.55. The van der Waals surface area contributed by atoms with Gasteiger partial charge in [0.1, 0.15) is 0 Å². The van der Waals surface area contributed by atoms with Gasteiger partial charge in [0.25, 0.3) is 0 Å². The monoisotopic (exact) mass is 428 g/mol. The molecule has 1 aromatic heterocycles. The Morgan fingerprint density at radius 1 is 1.45 bits per heavy atom. The molecule has 2 N–H and O–H groups in total. The summed E-state index contributed by atoms with van der Waals surface area (Å²) in [5.41, 5.74) is 1.16. The predicted octanol–water partition coefficient (Wildman–Crippen LogP) is 2.92. The topological polar surface area (TPSA) is 49.3 Å². The van der Waals surface area contributed by atoms with E-state index in [1.807, 2.05) is 18.7 Å². The van der Waals surface area contributed by atoms with Gasteiger partial charge >= 0.3 is 0 Å². The number of halogens is 1. The van der Waals surface area contributed by atoms with Crippen molar-refractivity contribution >= 4 is 53.0 Å². The average molecular weight is 428 g/mol. The number of aromatic nitrogens is 1. The van der Waals surface area contributed by atoms with Gasteiger partial charge in [-0.05, 0) is 32.3 Å². The molecule has 0 radical (unpaired) electrons. The number of hydrogen-bond acceptors (Lipinski definition) is 4. The van der Waals surface area contributed by atoms with E-state index in [1.165, 1.54) is 5.75 Å². The van der Waals surface area contributed by atoms with E-state index in [1.54, 1.807) is 11.3 Å². The molecule has 20 heavy (non-hydrogen) atoms. The van der Waals surface area contributed by atoms with Gasteiger partial charge < -0.3 is 10.6 Å². The molecule has 116 valence electrons. The molecule has 0 saturated carbocycles. The minimum Gasteiger partial charge on any atom is -0.357 e. The fraction of sp³-hybridized carbons (Fsp3) is 0.692. The molecular weight excluding hydrogens is 403 g/mol. The second-order valence-electron chi connectivity index (χ2n) is 4.14. The average Bonchev–Trinajstić information content (AvgIpc) is 2.80. The number of rotatable bonds is 8. The number of nitrogens with zero attached hydrogens (tertiary/aromatic N) is 2. The second-order valence-corrected chi connectivity index (χ2v) is 6.19. The van der Waals surface area contributed by atoms with Crippen LogP contribution >= 0.6 is 47.1 Å². The summed E-state index contributed by atoms with van der Waals surface area (Å²) in [7, 11) is 0. The molecule has 1 heterocycles. The number of guanidine groups is 1. The third-order valence-electron chi connectivity index (χ3n) is 2.46. The minimum absolute atomic E-state index is 0. The first kappa shape index (κ1) is 20.0. The summed E-state index contributed by atoms with van der Waals surface area (Å²) in [5.74, 6) is 2.08. The Balaban J connectivity index is 0.00000361. The molecule has 7 heteroatoms. The molecule has 1 rings (SSSR count). The molecule has 0 amide bonds. The number of aliphatic imine (C=N–C) groups is 1. The normalized spacial score (nSPS) is 11.1. The van der Waals surface area contributed by atoms with Crippen LogP contribution in [0.25, 0.3) is 0 Å². The highest BCUT2D eigenvalue weighted by Crippen LogP contribution is 2.07. The molecule has 0 aromatic carbocycles. The van der Waals surface area contributed by atoms with Crippen molar-refractivity contribution in [1.82, 2.24) is 15.6 Å². The largest absolute Gasteiger partial charge is 0.357 e. The maximum atomic E-state index is 4.55. The summed E-state index contributed by atoms with van der Waals surface area (Å²) < 4.78 is 0. The van der Waals surface area contributed by atoms with E-state index in [9.17, 15) is 0 Å². The summed E-state index contributed by atoms with van der Waals surface area (Å²) in [5, 5.41) is 9.87. The van der Waals surface area contributed by atoms with Crippen LogP contribution in [-0.4, -0.2) is 42.6 Å². The predicted molar refractivity (Wildman–Crippen MR) is 103 cm³/mol. The van der Waals surface area contributed by atoms with Crippen LogP contribution in [0.2, 0.25) is 0 Å². The Morgan fingerprint density at radius 2 is 2.25 bits per heavy atom. The van der Waals surface area contributed by atoms with Crippen molar-refractivity contribution in [2.24, 2.45) is 4.99 Å². The van der Waals surface area contributed by atoms with Gasteiger partial charge in [0, 0.05) is 31.4 Å². The second kappa shape index (κ2) is 12.7. The molecular formula is C13H25IN4S2. The van der Waals surface area contributed by atoms with Crippen LogP contribution in [-0.2, 0) is 6.42 Å². The van der Waals surface area contributed by atoms with Gasteiger partial charge in [-0.2, -0.15) is 11.8 Å². The van der Waals surface area contributed by atoms with Crippen molar-refractivity contribution in [3.8, 4) is 0 Å². The van der Waals surface area contributed by atoms with Crippen molar-refractivity contribution in [3.05, 3.63) is 16.1 Å². The van der Waals surface area contributed by atoms with Crippen LogP contribution in [0.15, 0.2) is 10.4 Å². The van der Waals surface area contributed by atoms with Crippen molar-refractivity contribution in [2.45, 2.75) is 26.7 Å². The number of thiazole rings is 1. The van der Waals surface area contributed by atoms with E-state index < -0.39 is 0 Å². The molecule has 0 atom stereocenters. The summed E-state index contributed by atoms with van der Waals surface area (Å²) >= 11 is 3.57. The van der Waals surface area contributed by atoms with Crippen LogP contribution in [0.5, 0.6) is 0 Å². The smallest absolute Gasteiger partial charge is 0.191 e. The molecule has 0 spiro atoms. The van der Waals surface area contributed by atoms with Crippen LogP contribution in [0.4, 0.5) is 0 Å². The van der Waals surface area contributed by atoms with E-state index >= 15 is 0 Å². The Kier molecular flexibility index (Phi) is 12.7. The first-order chi connectivity index (χ1) is 9.26. The highest BCUT2D eigenvalue weighted by Gasteiger charge is 2.00. The molecule has 0 aliphatic rings. The van der Waals surface area contributed by atoms with Gasteiger partial charge in [-0.15, -0.1) is 35.3 Å².